The SMILES string of the molecule is O=C(O)N1CCN(Cc2ccccc2[C@H]2CCCN2C(=O)C(F)(F)F)CC1. The van der Waals surface area contributed by atoms with Crippen molar-refractivity contribution >= 4 is 12.0 Å². The third-order valence-electron chi connectivity index (χ3n) is 5.21. The molecule has 1 aromatic rings. The van der Waals surface area contributed by atoms with Gasteiger partial charge in [-0.25, -0.2) is 4.79 Å². The molecule has 2 fully saturated rings. The molecule has 1 atom stereocenters. The van der Waals surface area contributed by atoms with Crippen LogP contribution in [0.3, 0.4) is 0 Å². The number of rotatable bonds is 3. The van der Waals surface area contributed by atoms with E-state index in [-0.39, 0.29) is 6.54 Å². The average Bonchev–Trinajstić information content (AvgIpc) is 3.10. The van der Waals surface area contributed by atoms with Gasteiger partial charge in [0.2, 0.25) is 0 Å². The Kier molecular flexibility index (Phi) is 5.59. The zero-order valence-electron chi connectivity index (χ0n) is 14.8. The second kappa shape index (κ2) is 7.75. The first-order chi connectivity index (χ1) is 12.8. The van der Waals surface area contributed by atoms with Crippen molar-refractivity contribution in [2.75, 3.05) is 32.7 Å². The molecule has 1 aromatic carbocycles. The van der Waals surface area contributed by atoms with Gasteiger partial charge in [-0.05, 0) is 24.0 Å². The highest BCUT2D eigenvalue weighted by atomic mass is 19.4. The predicted molar refractivity (Wildman–Crippen MR) is 91.1 cm³/mol. The molecule has 0 radical (unpaired) electrons. The first-order valence-corrected chi connectivity index (χ1v) is 8.93. The van der Waals surface area contributed by atoms with Crippen LogP contribution >= 0.6 is 0 Å². The lowest BCUT2D eigenvalue weighted by molar-refractivity contribution is -0.186. The number of halogens is 3. The molecule has 148 valence electrons. The van der Waals surface area contributed by atoms with Crippen molar-refractivity contribution in [3.8, 4) is 0 Å². The van der Waals surface area contributed by atoms with Gasteiger partial charge in [-0.1, -0.05) is 24.3 Å². The Morgan fingerprint density at radius 1 is 1.07 bits per heavy atom. The summed E-state index contributed by atoms with van der Waals surface area (Å²) in [5.41, 5.74) is 1.63. The topological polar surface area (TPSA) is 64.1 Å². The number of benzene rings is 1. The van der Waals surface area contributed by atoms with Crippen molar-refractivity contribution in [3.05, 3.63) is 35.4 Å². The van der Waals surface area contributed by atoms with Gasteiger partial charge in [0.15, 0.2) is 0 Å². The summed E-state index contributed by atoms with van der Waals surface area (Å²) in [7, 11) is 0. The number of carboxylic acid groups (broad SMARTS) is 1. The molecule has 2 saturated heterocycles. The Bertz CT molecular complexity index is 703. The van der Waals surface area contributed by atoms with Crippen molar-refractivity contribution in [1.29, 1.82) is 0 Å². The molecule has 0 aliphatic carbocycles. The van der Waals surface area contributed by atoms with Crippen LogP contribution in [-0.2, 0) is 11.3 Å². The molecule has 27 heavy (non-hydrogen) atoms. The second-order valence-electron chi connectivity index (χ2n) is 6.90. The third-order valence-corrected chi connectivity index (χ3v) is 5.21. The van der Waals surface area contributed by atoms with Gasteiger partial charge in [0.25, 0.3) is 0 Å². The molecule has 0 unspecified atom stereocenters. The summed E-state index contributed by atoms with van der Waals surface area (Å²) in [5, 5.41) is 9.03. The summed E-state index contributed by atoms with van der Waals surface area (Å²) in [6.07, 6.45) is -4.77. The molecular formula is C18H22F3N3O3. The van der Waals surface area contributed by atoms with Crippen LogP contribution in [0.1, 0.15) is 30.0 Å². The third kappa shape index (κ3) is 4.35. The van der Waals surface area contributed by atoms with Gasteiger partial charge in [-0.3, -0.25) is 9.69 Å². The molecule has 0 spiro atoms. The second-order valence-corrected chi connectivity index (χ2v) is 6.90. The standard InChI is InChI=1S/C18H22F3N3O3/c19-18(20,21)16(25)24-7-3-6-15(24)14-5-2-1-4-13(14)12-22-8-10-23(11-9-22)17(26)27/h1-2,4-5,15H,3,6-12H2,(H,26,27)/t15-/m1/s1. The molecule has 0 aromatic heterocycles. The first kappa shape index (κ1) is 19.5. The fourth-order valence-electron chi connectivity index (χ4n) is 3.84. The predicted octanol–water partition coefficient (Wildman–Crippen LogP) is 2.71. The minimum absolute atomic E-state index is 0.106. The largest absolute Gasteiger partial charge is 0.471 e. The van der Waals surface area contributed by atoms with Gasteiger partial charge < -0.3 is 14.9 Å². The van der Waals surface area contributed by atoms with E-state index in [1.165, 1.54) is 4.90 Å². The van der Waals surface area contributed by atoms with E-state index in [1.54, 1.807) is 12.1 Å². The van der Waals surface area contributed by atoms with Gasteiger partial charge in [0.1, 0.15) is 0 Å². The van der Waals surface area contributed by atoms with Crippen LogP contribution in [0, 0.1) is 0 Å². The number of piperazine rings is 1. The number of carbonyl (C=O) groups is 2. The highest BCUT2D eigenvalue weighted by Crippen LogP contribution is 2.37. The van der Waals surface area contributed by atoms with E-state index >= 15 is 0 Å². The average molecular weight is 385 g/mol. The first-order valence-electron chi connectivity index (χ1n) is 8.93. The molecule has 9 heteroatoms. The summed E-state index contributed by atoms with van der Waals surface area (Å²) in [5.74, 6) is -1.78. The number of hydrogen-bond acceptors (Lipinski definition) is 3. The smallest absolute Gasteiger partial charge is 0.465 e. The maximum Gasteiger partial charge on any atom is 0.471 e. The zero-order valence-corrected chi connectivity index (χ0v) is 14.8. The lowest BCUT2D eigenvalue weighted by atomic mass is 9.97. The van der Waals surface area contributed by atoms with Crippen molar-refractivity contribution in [3.63, 3.8) is 0 Å². The van der Waals surface area contributed by atoms with Gasteiger partial charge in [0, 0.05) is 39.3 Å². The van der Waals surface area contributed by atoms with Crippen LogP contribution in [-0.4, -0.2) is 70.7 Å². The number of nitrogens with zero attached hydrogens (tertiary/aromatic N) is 3. The van der Waals surface area contributed by atoms with E-state index in [9.17, 15) is 22.8 Å². The monoisotopic (exact) mass is 385 g/mol. The van der Waals surface area contributed by atoms with Crippen LogP contribution in [0.5, 0.6) is 0 Å². The molecular weight excluding hydrogens is 363 g/mol. The molecule has 2 heterocycles. The summed E-state index contributed by atoms with van der Waals surface area (Å²) in [6, 6.07) is 6.69. The van der Waals surface area contributed by atoms with Gasteiger partial charge in [0.05, 0.1) is 6.04 Å². The Morgan fingerprint density at radius 2 is 1.74 bits per heavy atom. The van der Waals surface area contributed by atoms with E-state index < -0.39 is 24.2 Å². The molecule has 0 bridgehead atoms. The van der Waals surface area contributed by atoms with Crippen molar-refractivity contribution in [1.82, 2.24) is 14.7 Å². The van der Waals surface area contributed by atoms with Gasteiger partial charge in [-0.2, -0.15) is 13.2 Å². The molecule has 2 amide bonds. The Morgan fingerprint density at radius 3 is 2.37 bits per heavy atom. The van der Waals surface area contributed by atoms with E-state index in [1.807, 2.05) is 12.1 Å². The summed E-state index contributed by atoms with van der Waals surface area (Å²) < 4.78 is 38.7. The molecule has 3 rings (SSSR count). The fourth-order valence-corrected chi connectivity index (χ4v) is 3.84. The summed E-state index contributed by atoms with van der Waals surface area (Å²) in [6.45, 7) is 2.56. The van der Waals surface area contributed by atoms with Crippen LogP contribution in [0.2, 0.25) is 0 Å². The van der Waals surface area contributed by atoms with Crippen LogP contribution in [0.25, 0.3) is 0 Å². The molecule has 1 N–H and O–H groups in total. The maximum atomic E-state index is 12.9. The lowest BCUT2D eigenvalue weighted by Crippen LogP contribution is -2.48. The van der Waals surface area contributed by atoms with Gasteiger partial charge in [-0.15, -0.1) is 0 Å². The number of carbonyl (C=O) groups excluding carboxylic acids is 1. The summed E-state index contributed by atoms with van der Waals surface area (Å²) in [4.78, 5) is 27.2. The van der Waals surface area contributed by atoms with E-state index in [0.29, 0.717) is 45.6 Å². The Labute approximate surface area is 155 Å². The lowest BCUT2D eigenvalue weighted by Gasteiger charge is -2.34. The highest BCUT2D eigenvalue weighted by molar-refractivity contribution is 5.82. The maximum absolute atomic E-state index is 12.9. The van der Waals surface area contributed by atoms with Crippen molar-refractivity contribution in [2.24, 2.45) is 0 Å². The quantitative estimate of drug-likeness (QED) is 0.869. The van der Waals surface area contributed by atoms with Gasteiger partial charge >= 0.3 is 18.2 Å². The number of likely N-dealkylation sites (tertiary alicyclic amines) is 1. The molecule has 2 aliphatic heterocycles. The summed E-state index contributed by atoms with van der Waals surface area (Å²) >= 11 is 0. The van der Waals surface area contributed by atoms with Crippen molar-refractivity contribution in [2.45, 2.75) is 31.6 Å². The molecule has 2 aliphatic rings. The fraction of sp³-hybridized carbons (Fsp3) is 0.556. The molecule has 6 nitrogen and oxygen atoms in total. The van der Waals surface area contributed by atoms with Crippen LogP contribution in [0.15, 0.2) is 24.3 Å². The Hall–Kier alpha value is -2.29. The number of alkyl halides is 3. The Balaban J connectivity index is 1.74. The number of hydrogen-bond donors (Lipinski definition) is 1. The number of amides is 2. The normalized spacial score (nSPS) is 21.5. The van der Waals surface area contributed by atoms with Crippen LogP contribution in [0.4, 0.5) is 18.0 Å². The van der Waals surface area contributed by atoms with E-state index in [2.05, 4.69) is 4.90 Å². The zero-order chi connectivity index (χ0) is 19.6. The van der Waals surface area contributed by atoms with Crippen molar-refractivity contribution < 1.29 is 27.9 Å². The molecule has 0 saturated carbocycles. The minimum atomic E-state index is -4.87. The van der Waals surface area contributed by atoms with Crippen LogP contribution < -0.4 is 0 Å². The highest BCUT2D eigenvalue weighted by Gasteiger charge is 2.46. The van der Waals surface area contributed by atoms with E-state index in [0.717, 1.165) is 16.0 Å². The van der Waals surface area contributed by atoms with E-state index in [4.69, 9.17) is 5.11 Å². The minimum Gasteiger partial charge on any atom is -0.465 e.